The second-order valence-electron chi connectivity index (χ2n) is 10.7. The molecule has 2 N–H and O–H groups in total. The second kappa shape index (κ2) is 4.47. The van der Waals surface area contributed by atoms with Crippen molar-refractivity contribution in [2.24, 2.45) is 39.9 Å². The number of nitrogens with zero attached hydrogens (tertiary/aromatic N) is 1. The van der Waals surface area contributed by atoms with Gasteiger partial charge in [-0.15, -0.1) is 0 Å². The molecule has 1 saturated heterocycles. The minimum atomic E-state index is -0.561. The van der Waals surface area contributed by atoms with Crippen LogP contribution in [0.4, 0.5) is 0 Å². The number of ketones is 1. The summed E-state index contributed by atoms with van der Waals surface area (Å²) in [5.41, 5.74) is 0.598. The molecule has 6 rings (SSSR count). The summed E-state index contributed by atoms with van der Waals surface area (Å²) >= 11 is 0. The van der Waals surface area contributed by atoms with Crippen LogP contribution in [0.2, 0.25) is 0 Å². The molecule has 0 aromatic carbocycles. The average molecular weight is 357 g/mol. The third-order valence-corrected chi connectivity index (χ3v) is 10.4. The molecule has 0 amide bonds. The molecule has 0 unspecified atom stereocenters. The molecule has 5 saturated carbocycles. The summed E-state index contributed by atoms with van der Waals surface area (Å²) in [6.45, 7) is 10.9. The SMILES string of the molecule is C=C1[C@H]2C[C@]3([C@@H]1O)[C@H]1C[C@H]4[C@@]5(C)CC[C@H](O)[C@@]4([C@H]1N(CC)C5)[C@H]3CC2=O. The molecular formula is C22H31NO3. The van der Waals surface area contributed by atoms with Gasteiger partial charge in [-0.2, -0.15) is 0 Å². The molecule has 4 nitrogen and oxygen atoms in total. The Hall–Kier alpha value is -0.710. The van der Waals surface area contributed by atoms with Crippen LogP contribution < -0.4 is 0 Å². The van der Waals surface area contributed by atoms with Crippen molar-refractivity contribution in [3.8, 4) is 0 Å². The molecule has 5 aliphatic carbocycles. The monoisotopic (exact) mass is 357 g/mol. The van der Waals surface area contributed by atoms with Crippen LogP contribution in [0.5, 0.6) is 0 Å². The molecule has 26 heavy (non-hydrogen) atoms. The molecule has 1 aliphatic heterocycles. The fraction of sp³-hybridized carbons (Fsp3) is 0.864. The summed E-state index contributed by atoms with van der Waals surface area (Å²) in [6, 6.07) is 0.331. The van der Waals surface area contributed by atoms with Crippen LogP contribution in [-0.2, 0) is 4.79 Å². The van der Waals surface area contributed by atoms with Crippen molar-refractivity contribution in [3.05, 3.63) is 12.2 Å². The van der Waals surface area contributed by atoms with Crippen molar-refractivity contribution >= 4 is 5.78 Å². The number of rotatable bonds is 1. The molecular weight excluding hydrogens is 326 g/mol. The number of aliphatic hydroxyl groups is 2. The molecule has 4 heteroatoms. The average Bonchev–Trinajstić information content (AvgIpc) is 3.14. The number of Topliss-reactive ketones (excluding diaryl/α,β-unsaturated/α-hetero) is 1. The summed E-state index contributed by atoms with van der Waals surface area (Å²) in [5, 5.41) is 22.8. The van der Waals surface area contributed by atoms with Gasteiger partial charge in [0.1, 0.15) is 5.78 Å². The van der Waals surface area contributed by atoms with Crippen LogP contribution >= 0.6 is 0 Å². The standard InChI is InChI=1S/C22H31NO3/c1-4-23-10-20(3)6-5-17(25)22-15(20)7-13(18(22)23)21-9-12(11(2)19(21)26)14(24)8-16(21)22/h12-13,15-19,25-26H,2,4-10H2,1,3H3/t12-,13+,15+,16+,17+,18+,19-,20+,21+,22+/m1/s1. The van der Waals surface area contributed by atoms with Crippen molar-refractivity contribution < 1.29 is 15.0 Å². The van der Waals surface area contributed by atoms with Gasteiger partial charge in [0.25, 0.3) is 0 Å². The Labute approximate surface area is 155 Å². The third kappa shape index (κ3) is 1.33. The van der Waals surface area contributed by atoms with Gasteiger partial charge in [0.15, 0.2) is 0 Å². The van der Waals surface area contributed by atoms with Crippen LogP contribution in [0.1, 0.15) is 46.0 Å². The minimum absolute atomic E-state index is 0.130. The van der Waals surface area contributed by atoms with Gasteiger partial charge in [0.2, 0.25) is 0 Å². The van der Waals surface area contributed by atoms with Gasteiger partial charge in [0.05, 0.1) is 12.2 Å². The molecule has 0 aromatic rings. The van der Waals surface area contributed by atoms with Gasteiger partial charge in [0, 0.05) is 35.8 Å². The zero-order valence-electron chi connectivity index (χ0n) is 15.9. The van der Waals surface area contributed by atoms with Gasteiger partial charge in [-0.3, -0.25) is 9.69 Å². The van der Waals surface area contributed by atoms with Crippen LogP contribution in [0.15, 0.2) is 12.2 Å². The highest BCUT2D eigenvalue weighted by Gasteiger charge is 2.85. The maximum Gasteiger partial charge on any atom is 0.140 e. The van der Waals surface area contributed by atoms with Crippen LogP contribution in [-0.4, -0.2) is 52.2 Å². The molecule has 0 aromatic heterocycles. The summed E-state index contributed by atoms with van der Waals surface area (Å²) in [7, 11) is 0. The van der Waals surface area contributed by atoms with E-state index in [4.69, 9.17) is 0 Å². The van der Waals surface area contributed by atoms with Crippen LogP contribution in [0.3, 0.4) is 0 Å². The van der Waals surface area contributed by atoms with Crippen molar-refractivity contribution in [2.75, 3.05) is 13.1 Å². The Morgan fingerprint density at radius 3 is 2.81 bits per heavy atom. The normalized spacial score (nSPS) is 62.7. The maximum atomic E-state index is 13.0. The van der Waals surface area contributed by atoms with Crippen LogP contribution in [0.25, 0.3) is 0 Å². The molecule has 7 bridgehead atoms. The minimum Gasteiger partial charge on any atom is -0.392 e. The number of carbonyl (C=O) groups is 1. The molecule has 0 radical (unpaired) electrons. The molecule has 142 valence electrons. The van der Waals surface area contributed by atoms with Crippen LogP contribution in [0, 0.1) is 39.9 Å². The highest BCUT2D eigenvalue weighted by molar-refractivity contribution is 5.87. The quantitative estimate of drug-likeness (QED) is 0.705. The lowest BCUT2D eigenvalue weighted by Gasteiger charge is -2.65. The zero-order valence-corrected chi connectivity index (χ0v) is 15.9. The van der Waals surface area contributed by atoms with E-state index >= 15 is 0 Å². The fourth-order valence-electron chi connectivity index (χ4n) is 9.75. The molecule has 6 aliphatic rings. The van der Waals surface area contributed by atoms with E-state index in [0.29, 0.717) is 24.3 Å². The number of hydrogen-bond acceptors (Lipinski definition) is 4. The third-order valence-electron chi connectivity index (χ3n) is 10.4. The summed E-state index contributed by atoms with van der Waals surface area (Å²) in [5.74, 6) is 1.16. The van der Waals surface area contributed by atoms with E-state index in [1.165, 1.54) is 0 Å². The lowest BCUT2D eigenvalue weighted by atomic mass is 9.43. The predicted octanol–water partition coefficient (Wildman–Crippen LogP) is 2.00. The smallest absolute Gasteiger partial charge is 0.140 e. The van der Waals surface area contributed by atoms with Crippen molar-refractivity contribution in [3.63, 3.8) is 0 Å². The van der Waals surface area contributed by atoms with Gasteiger partial charge in [-0.1, -0.05) is 20.4 Å². The zero-order chi connectivity index (χ0) is 18.2. The first-order valence-corrected chi connectivity index (χ1v) is 10.6. The first kappa shape index (κ1) is 16.3. The Morgan fingerprint density at radius 1 is 1.31 bits per heavy atom. The highest BCUT2D eigenvalue weighted by Crippen LogP contribution is 2.83. The first-order chi connectivity index (χ1) is 12.3. The number of hydrogen-bond donors (Lipinski definition) is 2. The topological polar surface area (TPSA) is 60.8 Å². The van der Waals surface area contributed by atoms with Crippen molar-refractivity contribution in [1.29, 1.82) is 0 Å². The Kier molecular flexibility index (Phi) is 2.80. The van der Waals surface area contributed by atoms with Gasteiger partial charge < -0.3 is 10.2 Å². The number of aliphatic hydroxyl groups excluding tert-OH is 2. The van der Waals surface area contributed by atoms with E-state index in [-0.39, 0.29) is 40.0 Å². The molecule has 10 atom stereocenters. The number of carbonyl (C=O) groups excluding carboxylic acids is 1. The van der Waals surface area contributed by atoms with E-state index in [1.54, 1.807) is 0 Å². The van der Waals surface area contributed by atoms with Gasteiger partial charge >= 0.3 is 0 Å². The Balaban J connectivity index is 1.62. The maximum absolute atomic E-state index is 13.0. The van der Waals surface area contributed by atoms with E-state index in [0.717, 1.165) is 44.3 Å². The van der Waals surface area contributed by atoms with Crippen molar-refractivity contribution in [1.82, 2.24) is 4.90 Å². The lowest BCUT2D eigenvalue weighted by Crippen LogP contribution is -2.68. The summed E-state index contributed by atoms with van der Waals surface area (Å²) < 4.78 is 0. The Morgan fingerprint density at radius 2 is 2.08 bits per heavy atom. The van der Waals surface area contributed by atoms with E-state index in [1.807, 2.05) is 0 Å². The van der Waals surface area contributed by atoms with Gasteiger partial charge in [-0.05, 0) is 61.0 Å². The van der Waals surface area contributed by atoms with Gasteiger partial charge in [-0.25, -0.2) is 0 Å². The van der Waals surface area contributed by atoms with E-state index in [2.05, 4.69) is 25.3 Å². The van der Waals surface area contributed by atoms with E-state index in [9.17, 15) is 15.0 Å². The first-order valence-electron chi connectivity index (χ1n) is 10.6. The molecule has 2 spiro atoms. The number of piperidine rings is 1. The summed E-state index contributed by atoms with van der Waals surface area (Å²) in [6.07, 6.45) is 3.50. The van der Waals surface area contributed by atoms with Crippen molar-refractivity contribution in [2.45, 2.75) is 64.2 Å². The largest absolute Gasteiger partial charge is 0.392 e. The highest BCUT2D eigenvalue weighted by atomic mass is 16.3. The second-order valence-corrected chi connectivity index (χ2v) is 10.7. The van der Waals surface area contributed by atoms with E-state index < -0.39 is 6.10 Å². The number of fused-ring (bicyclic) bond motifs is 1. The lowest BCUT2D eigenvalue weighted by molar-refractivity contribution is -0.211. The number of likely N-dealkylation sites (tertiary alicyclic amines) is 1. The molecule has 6 fully saturated rings. The Bertz CT molecular complexity index is 735. The fourth-order valence-corrected chi connectivity index (χ4v) is 9.75. The molecule has 1 heterocycles. The predicted molar refractivity (Wildman–Crippen MR) is 97.2 cm³/mol. The summed E-state index contributed by atoms with van der Waals surface area (Å²) in [4.78, 5) is 15.6.